The largest absolute Gasteiger partial charge is 0.444 e. The number of imide groups is 1. The first-order chi connectivity index (χ1) is 12.9. The van der Waals surface area contributed by atoms with E-state index in [1.807, 2.05) is 0 Å². The quantitative estimate of drug-likeness (QED) is 0.737. The van der Waals surface area contributed by atoms with Gasteiger partial charge in [-0.05, 0) is 29.8 Å². The molecular weight excluding hydrogens is 350 g/mol. The van der Waals surface area contributed by atoms with Crippen molar-refractivity contribution in [2.24, 2.45) is 11.5 Å². The van der Waals surface area contributed by atoms with Gasteiger partial charge in [0.15, 0.2) is 0 Å². The second-order valence-electron chi connectivity index (χ2n) is 6.09. The summed E-state index contributed by atoms with van der Waals surface area (Å²) in [5.41, 5.74) is 12.0. The van der Waals surface area contributed by atoms with Gasteiger partial charge < -0.3 is 16.2 Å². The molecule has 0 fully saturated rings. The van der Waals surface area contributed by atoms with Crippen molar-refractivity contribution in [3.63, 3.8) is 0 Å². The summed E-state index contributed by atoms with van der Waals surface area (Å²) in [6, 6.07) is 12.9. The molecule has 0 bridgehead atoms. The summed E-state index contributed by atoms with van der Waals surface area (Å²) in [6.45, 7) is -0.132. The second kappa shape index (κ2) is 7.28. The number of hydrogen-bond donors (Lipinski definition) is 2. The average molecular weight is 367 g/mol. The Balaban J connectivity index is 1.78. The zero-order valence-corrected chi connectivity index (χ0v) is 14.3. The van der Waals surface area contributed by atoms with Crippen molar-refractivity contribution in [1.82, 2.24) is 4.90 Å². The molecule has 4 amide bonds. The minimum atomic E-state index is -1.01. The van der Waals surface area contributed by atoms with Crippen molar-refractivity contribution in [3.05, 3.63) is 70.8 Å². The highest BCUT2D eigenvalue weighted by Gasteiger charge is 2.37. The lowest BCUT2D eigenvalue weighted by Crippen LogP contribution is -2.40. The van der Waals surface area contributed by atoms with E-state index in [0.29, 0.717) is 16.7 Å². The minimum Gasteiger partial charge on any atom is -0.444 e. The average Bonchev–Trinajstić information content (AvgIpc) is 2.87. The molecule has 2 aromatic carbocycles. The van der Waals surface area contributed by atoms with Gasteiger partial charge in [-0.25, -0.2) is 4.79 Å². The van der Waals surface area contributed by atoms with Gasteiger partial charge in [-0.2, -0.15) is 0 Å². The first-order valence-corrected chi connectivity index (χ1v) is 8.17. The third-order valence-corrected chi connectivity index (χ3v) is 4.25. The molecule has 2 aromatic rings. The second-order valence-corrected chi connectivity index (χ2v) is 6.09. The normalized spacial score (nSPS) is 14.0. The van der Waals surface area contributed by atoms with E-state index in [4.69, 9.17) is 16.2 Å². The predicted octanol–water partition coefficient (Wildman–Crippen LogP) is 1.09. The minimum absolute atomic E-state index is 0.132. The molecular formula is C19H17N3O5. The van der Waals surface area contributed by atoms with Crippen molar-refractivity contribution in [3.8, 4) is 0 Å². The Bertz CT molecular complexity index is 888. The molecule has 0 radical (unpaired) electrons. The Morgan fingerprint density at radius 2 is 1.48 bits per heavy atom. The zero-order chi connectivity index (χ0) is 19.6. The summed E-state index contributed by atoms with van der Waals surface area (Å²) >= 11 is 0. The molecule has 1 aliphatic rings. The monoisotopic (exact) mass is 367 g/mol. The van der Waals surface area contributed by atoms with Crippen LogP contribution in [0.1, 0.15) is 36.6 Å². The molecule has 8 nitrogen and oxygen atoms in total. The standard InChI is InChI=1S/C19H17N3O5/c20-16(23)12-7-5-11(6-8-12)9-13(27-19(21)26)10-22-17(24)14-3-1-2-4-15(14)18(22)25/h1-8,13H,9-10H2,(H2,20,23)(H2,21,26). The first-order valence-electron chi connectivity index (χ1n) is 8.17. The van der Waals surface area contributed by atoms with E-state index in [1.165, 1.54) is 0 Å². The van der Waals surface area contributed by atoms with Crippen LogP contribution < -0.4 is 11.5 Å². The molecule has 1 aliphatic heterocycles. The molecule has 0 saturated heterocycles. The van der Waals surface area contributed by atoms with Gasteiger partial charge in [-0.3, -0.25) is 19.3 Å². The fourth-order valence-corrected chi connectivity index (χ4v) is 2.98. The highest BCUT2D eigenvalue weighted by Crippen LogP contribution is 2.23. The van der Waals surface area contributed by atoms with E-state index < -0.39 is 29.9 Å². The Kier molecular flexibility index (Phi) is 4.89. The van der Waals surface area contributed by atoms with Crippen molar-refractivity contribution in [2.75, 3.05) is 6.54 Å². The molecule has 0 aliphatic carbocycles. The van der Waals surface area contributed by atoms with Crippen LogP contribution >= 0.6 is 0 Å². The van der Waals surface area contributed by atoms with Crippen molar-refractivity contribution < 1.29 is 23.9 Å². The summed E-state index contributed by atoms with van der Waals surface area (Å²) < 4.78 is 5.09. The summed E-state index contributed by atoms with van der Waals surface area (Å²) in [7, 11) is 0. The molecule has 27 heavy (non-hydrogen) atoms. The number of nitrogens with zero attached hydrogens (tertiary/aromatic N) is 1. The van der Waals surface area contributed by atoms with Crippen LogP contribution in [0.25, 0.3) is 0 Å². The van der Waals surface area contributed by atoms with Crippen LogP contribution in [0.3, 0.4) is 0 Å². The highest BCUT2D eigenvalue weighted by atomic mass is 16.6. The van der Waals surface area contributed by atoms with Crippen molar-refractivity contribution in [1.29, 1.82) is 0 Å². The van der Waals surface area contributed by atoms with Crippen LogP contribution in [0, 0.1) is 0 Å². The maximum Gasteiger partial charge on any atom is 0.404 e. The van der Waals surface area contributed by atoms with Crippen LogP contribution in [-0.2, 0) is 11.2 Å². The molecule has 4 N–H and O–H groups in total. The van der Waals surface area contributed by atoms with E-state index in [-0.39, 0.29) is 13.0 Å². The molecule has 0 saturated carbocycles. The number of amides is 4. The fourth-order valence-electron chi connectivity index (χ4n) is 2.98. The predicted molar refractivity (Wildman–Crippen MR) is 94.9 cm³/mol. The van der Waals surface area contributed by atoms with Crippen LogP contribution in [0.2, 0.25) is 0 Å². The molecule has 3 rings (SSSR count). The van der Waals surface area contributed by atoms with Gasteiger partial charge in [0.05, 0.1) is 17.7 Å². The van der Waals surface area contributed by atoms with E-state index in [9.17, 15) is 19.2 Å². The molecule has 1 heterocycles. The SMILES string of the molecule is NC(=O)OC(Cc1ccc(C(N)=O)cc1)CN1C(=O)c2ccccc2C1=O. The van der Waals surface area contributed by atoms with Gasteiger partial charge in [-0.1, -0.05) is 24.3 Å². The molecule has 0 aromatic heterocycles. The Morgan fingerprint density at radius 3 is 1.96 bits per heavy atom. The maximum absolute atomic E-state index is 12.5. The van der Waals surface area contributed by atoms with Gasteiger partial charge >= 0.3 is 6.09 Å². The van der Waals surface area contributed by atoms with Gasteiger partial charge in [-0.15, -0.1) is 0 Å². The Hall–Kier alpha value is -3.68. The zero-order valence-electron chi connectivity index (χ0n) is 14.3. The number of rotatable bonds is 6. The molecule has 138 valence electrons. The third kappa shape index (κ3) is 3.79. The maximum atomic E-state index is 12.5. The number of primary amides is 2. The van der Waals surface area contributed by atoms with E-state index in [1.54, 1.807) is 48.5 Å². The number of carbonyl (C=O) groups is 4. The number of ether oxygens (including phenoxy) is 1. The summed E-state index contributed by atoms with van der Waals surface area (Å²) in [5, 5.41) is 0. The summed E-state index contributed by atoms with van der Waals surface area (Å²) in [6.07, 6.45) is -1.63. The highest BCUT2D eigenvalue weighted by molar-refractivity contribution is 6.21. The molecule has 1 atom stereocenters. The Labute approximate surface area is 154 Å². The van der Waals surface area contributed by atoms with Gasteiger partial charge in [0.2, 0.25) is 5.91 Å². The van der Waals surface area contributed by atoms with Crippen LogP contribution in [0.15, 0.2) is 48.5 Å². The van der Waals surface area contributed by atoms with Crippen LogP contribution in [-0.4, -0.2) is 41.4 Å². The number of benzene rings is 2. The lowest BCUT2D eigenvalue weighted by molar-refractivity contribution is 0.0490. The fraction of sp³-hybridized carbons (Fsp3) is 0.158. The van der Waals surface area contributed by atoms with Gasteiger partial charge in [0, 0.05) is 12.0 Å². The van der Waals surface area contributed by atoms with Crippen molar-refractivity contribution >= 4 is 23.8 Å². The van der Waals surface area contributed by atoms with Crippen LogP contribution in [0.5, 0.6) is 0 Å². The molecule has 8 heteroatoms. The van der Waals surface area contributed by atoms with E-state index in [0.717, 1.165) is 10.5 Å². The molecule has 0 spiro atoms. The number of hydrogen-bond acceptors (Lipinski definition) is 5. The van der Waals surface area contributed by atoms with Gasteiger partial charge in [0.25, 0.3) is 11.8 Å². The van der Waals surface area contributed by atoms with Gasteiger partial charge in [0.1, 0.15) is 6.10 Å². The summed E-state index contributed by atoms with van der Waals surface area (Å²) in [4.78, 5) is 48.4. The smallest absolute Gasteiger partial charge is 0.404 e. The number of carbonyl (C=O) groups excluding carboxylic acids is 4. The summed E-state index contributed by atoms with van der Waals surface area (Å²) in [5.74, 6) is -1.45. The van der Waals surface area contributed by atoms with E-state index in [2.05, 4.69) is 0 Å². The van der Waals surface area contributed by atoms with Crippen LogP contribution in [0.4, 0.5) is 4.79 Å². The lowest BCUT2D eigenvalue weighted by atomic mass is 10.0. The topological polar surface area (TPSA) is 133 Å². The third-order valence-electron chi connectivity index (χ3n) is 4.25. The number of fused-ring (bicyclic) bond motifs is 1. The number of nitrogens with two attached hydrogens (primary N) is 2. The van der Waals surface area contributed by atoms with Crippen molar-refractivity contribution in [2.45, 2.75) is 12.5 Å². The molecule has 1 unspecified atom stereocenters. The first kappa shape index (κ1) is 18.1. The lowest BCUT2D eigenvalue weighted by Gasteiger charge is -2.22. The van der Waals surface area contributed by atoms with E-state index >= 15 is 0 Å². The Morgan fingerprint density at radius 1 is 0.926 bits per heavy atom.